The molecule has 0 saturated carbocycles. The van der Waals surface area contributed by atoms with Gasteiger partial charge in [0.2, 0.25) is 0 Å². The molecule has 2 amide bonds. The van der Waals surface area contributed by atoms with E-state index in [1.54, 1.807) is 11.9 Å². The first-order valence-corrected chi connectivity index (χ1v) is 6.03. The normalized spacial score (nSPS) is 19.4. The Hall–Kier alpha value is -1.25. The number of amides is 2. The Bertz CT molecular complexity index is 255. The molecule has 0 radical (unpaired) electrons. The standard InChI is InChI=1S/C9H14N2O.2C2H6/c1-4-7-6-11(3)9(12)10-8(7)5-2;2*1-2/h4-5H,6H2,1-3H3,(H,10,12);2*1-2H3/b7-4-,8-5+;;. The molecule has 1 N–H and O–H groups in total. The van der Waals surface area contributed by atoms with E-state index in [-0.39, 0.29) is 6.03 Å². The van der Waals surface area contributed by atoms with Crippen LogP contribution in [-0.2, 0) is 0 Å². The van der Waals surface area contributed by atoms with Gasteiger partial charge in [0.1, 0.15) is 0 Å². The summed E-state index contributed by atoms with van der Waals surface area (Å²) in [5, 5.41) is 2.80. The maximum atomic E-state index is 11.2. The van der Waals surface area contributed by atoms with Crippen molar-refractivity contribution in [2.24, 2.45) is 0 Å². The van der Waals surface area contributed by atoms with Crippen LogP contribution in [0.3, 0.4) is 0 Å². The molecular formula is C13H26N2O. The molecular weight excluding hydrogens is 200 g/mol. The molecule has 3 nitrogen and oxygen atoms in total. The van der Waals surface area contributed by atoms with Crippen LogP contribution in [0.4, 0.5) is 4.79 Å². The summed E-state index contributed by atoms with van der Waals surface area (Å²) >= 11 is 0. The van der Waals surface area contributed by atoms with Gasteiger partial charge in [0, 0.05) is 19.3 Å². The summed E-state index contributed by atoms with van der Waals surface area (Å²) in [6.45, 7) is 12.6. The van der Waals surface area contributed by atoms with Crippen LogP contribution >= 0.6 is 0 Å². The number of nitrogens with one attached hydrogen (secondary N) is 1. The molecule has 0 aliphatic carbocycles. The van der Waals surface area contributed by atoms with Crippen molar-refractivity contribution in [3.8, 4) is 0 Å². The molecule has 0 atom stereocenters. The second-order valence-corrected chi connectivity index (χ2v) is 2.80. The Kier molecular flexibility index (Phi) is 11.0. The van der Waals surface area contributed by atoms with Gasteiger partial charge in [-0.25, -0.2) is 4.79 Å². The minimum absolute atomic E-state index is 0.0336. The summed E-state index contributed by atoms with van der Waals surface area (Å²) < 4.78 is 0. The van der Waals surface area contributed by atoms with Gasteiger partial charge in [-0.1, -0.05) is 39.8 Å². The van der Waals surface area contributed by atoms with Crippen LogP contribution in [0.15, 0.2) is 23.4 Å². The van der Waals surface area contributed by atoms with E-state index >= 15 is 0 Å². The number of carbonyl (C=O) groups excluding carboxylic acids is 1. The predicted octanol–water partition coefficient (Wildman–Crippen LogP) is 3.54. The third-order valence-corrected chi connectivity index (χ3v) is 1.98. The van der Waals surface area contributed by atoms with E-state index in [0.717, 1.165) is 5.70 Å². The highest BCUT2D eigenvalue weighted by molar-refractivity contribution is 5.79. The third kappa shape index (κ3) is 5.01. The van der Waals surface area contributed by atoms with Crippen molar-refractivity contribution in [2.75, 3.05) is 13.6 Å². The first-order chi connectivity index (χ1) is 7.69. The fourth-order valence-corrected chi connectivity index (χ4v) is 1.21. The molecule has 3 heteroatoms. The topological polar surface area (TPSA) is 32.3 Å². The summed E-state index contributed by atoms with van der Waals surface area (Å²) in [6.07, 6.45) is 3.94. The van der Waals surface area contributed by atoms with Gasteiger partial charge in [0.05, 0.1) is 0 Å². The molecule has 1 fully saturated rings. The average Bonchev–Trinajstić information content (AvgIpc) is 2.37. The van der Waals surface area contributed by atoms with Gasteiger partial charge in [-0.05, 0) is 19.4 Å². The maximum absolute atomic E-state index is 11.2. The molecule has 16 heavy (non-hydrogen) atoms. The number of carbonyl (C=O) groups is 1. The fourth-order valence-electron chi connectivity index (χ4n) is 1.21. The highest BCUT2D eigenvalue weighted by atomic mass is 16.2. The second-order valence-electron chi connectivity index (χ2n) is 2.80. The van der Waals surface area contributed by atoms with Crippen LogP contribution in [0.25, 0.3) is 0 Å². The van der Waals surface area contributed by atoms with E-state index in [2.05, 4.69) is 5.32 Å². The lowest BCUT2D eigenvalue weighted by Crippen LogP contribution is -2.43. The molecule has 0 aromatic heterocycles. The highest BCUT2D eigenvalue weighted by Crippen LogP contribution is 2.13. The van der Waals surface area contributed by atoms with Crippen molar-refractivity contribution in [3.63, 3.8) is 0 Å². The van der Waals surface area contributed by atoms with Crippen LogP contribution in [0, 0.1) is 0 Å². The van der Waals surface area contributed by atoms with Crippen LogP contribution in [-0.4, -0.2) is 24.5 Å². The van der Waals surface area contributed by atoms with Crippen molar-refractivity contribution in [2.45, 2.75) is 41.5 Å². The Morgan fingerprint density at radius 3 is 2.00 bits per heavy atom. The quantitative estimate of drug-likeness (QED) is 0.673. The van der Waals surface area contributed by atoms with Gasteiger partial charge >= 0.3 is 6.03 Å². The Morgan fingerprint density at radius 2 is 1.62 bits per heavy atom. The molecule has 1 aliphatic heterocycles. The van der Waals surface area contributed by atoms with E-state index in [4.69, 9.17) is 0 Å². The third-order valence-electron chi connectivity index (χ3n) is 1.98. The molecule has 1 heterocycles. The van der Waals surface area contributed by atoms with Crippen molar-refractivity contribution < 1.29 is 4.79 Å². The lowest BCUT2D eigenvalue weighted by Gasteiger charge is -2.27. The van der Waals surface area contributed by atoms with Gasteiger partial charge in [-0.15, -0.1) is 0 Å². The monoisotopic (exact) mass is 226 g/mol. The molecule has 1 saturated heterocycles. The van der Waals surface area contributed by atoms with Crippen LogP contribution in [0.5, 0.6) is 0 Å². The molecule has 0 aromatic carbocycles. The van der Waals surface area contributed by atoms with Crippen molar-refractivity contribution in [3.05, 3.63) is 23.4 Å². The van der Waals surface area contributed by atoms with Gasteiger partial charge in [-0.3, -0.25) is 0 Å². The largest absolute Gasteiger partial charge is 0.323 e. The van der Waals surface area contributed by atoms with Gasteiger partial charge in [0.15, 0.2) is 0 Å². The maximum Gasteiger partial charge on any atom is 0.321 e. The van der Waals surface area contributed by atoms with E-state index in [1.807, 2.05) is 53.7 Å². The Morgan fingerprint density at radius 1 is 1.12 bits per heavy atom. The predicted molar refractivity (Wildman–Crippen MR) is 71.4 cm³/mol. The van der Waals surface area contributed by atoms with Gasteiger partial charge < -0.3 is 10.2 Å². The molecule has 0 bridgehead atoms. The lowest BCUT2D eigenvalue weighted by atomic mass is 10.1. The summed E-state index contributed by atoms with van der Waals surface area (Å²) in [7, 11) is 1.78. The van der Waals surface area contributed by atoms with Crippen LogP contribution in [0.2, 0.25) is 0 Å². The highest BCUT2D eigenvalue weighted by Gasteiger charge is 2.19. The van der Waals surface area contributed by atoms with E-state index < -0.39 is 0 Å². The smallest absolute Gasteiger partial charge is 0.321 e. The number of hydrogen-bond donors (Lipinski definition) is 1. The first-order valence-electron chi connectivity index (χ1n) is 6.03. The number of likely N-dealkylation sites (N-methyl/N-ethyl adjacent to an activating group) is 1. The fraction of sp³-hybridized carbons (Fsp3) is 0.615. The van der Waals surface area contributed by atoms with Crippen molar-refractivity contribution in [1.82, 2.24) is 10.2 Å². The van der Waals surface area contributed by atoms with E-state index in [9.17, 15) is 4.79 Å². The molecule has 0 aromatic rings. The second kappa shape index (κ2) is 10.3. The van der Waals surface area contributed by atoms with E-state index in [0.29, 0.717) is 6.54 Å². The molecule has 1 rings (SSSR count). The van der Waals surface area contributed by atoms with E-state index in [1.165, 1.54) is 5.57 Å². The van der Waals surface area contributed by atoms with Gasteiger partial charge in [-0.2, -0.15) is 0 Å². The number of nitrogens with zero attached hydrogens (tertiary/aromatic N) is 1. The zero-order chi connectivity index (χ0) is 13.1. The Balaban J connectivity index is 0. The number of rotatable bonds is 0. The van der Waals surface area contributed by atoms with Crippen LogP contribution in [0.1, 0.15) is 41.5 Å². The molecule has 1 aliphatic rings. The summed E-state index contributed by atoms with van der Waals surface area (Å²) in [6, 6.07) is -0.0336. The lowest BCUT2D eigenvalue weighted by molar-refractivity contribution is 0.211. The first kappa shape index (κ1) is 17.2. The number of allylic oxidation sites excluding steroid dienone is 2. The minimum atomic E-state index is -0.0336. The molecule has 94 valence electrons. The molecule has 0 unspecified atom stereocenters. The summed E-state index contributed by atoms with van der Waals surface area (Å²) in [5.41, 5.74) is 2.10. The Labute approximate surface area is 100 Å². The number of hydrogen-bond acceptors (Lipinski definition) is 1. The van der Waals surface area contributed by atoms with Crippen molar-refractivity contribution in [1.29, 1.82) is 0 Å². The van der Waals surface area contributed by atoms with Gasteiger partial charge in [0.25, 0.3) is 0 Å². The summed E-state index contributed by atoms with van der Waals surface area (Å²) in [4.78, 5) is 12.8. The van der Waals surface area contributed by atoms with Crippen LogP contribution < -0.4 is 5.32 Å². The summed E-state index contributed by atoms with van der Waals surface area (Å²) in [5.74, 6) is 0. The zero-order valence-electron chi connectivity index (χ0n) is 11.7. The van der Waals surface area contributed by atoms with Crippen molar-refractivity contribution >= 4 is 6.03 Å². The zero-order valence-corrected chi connectivity index (χ0v) is 11.7. The molecule has 0 spiro atoms. The minimum Gasteiger partial charge on any atom is -0.323 e. The average molecular weight is 226 g/mol. The SMILES string of the molecule is C/C=C1/CN(C)C(=O)N/C1=C/C.CC.CC. The number of urea groups is 1.